The van der Waals surface area contributed by atoms with E-state index in [1.54, 1.807) is 23.0 Å². The third kappa shape index (κ3) is 4.51. The molecule has 3 aromatic rings. The van der Waals surface area contributed by atoms with Crippen LogP contribution in [0.3, 0.4) is 0 Å². The van der Waals surface area contributed by atoms with Crippen molar-refractivity contribution >= 4 is 39.3 Å². The summed E-state index contributed by atoms with van der Waals surface area (Å²) in [6.45, 7) is 0.424. The van der Waals surface area contributed by atoms with Gasteiger partial charge in [-0.2, -0.15) is 23.4 Å². The van der Waals surface area contributed by atoms with Gasteiger partial charge in [0.05, 0.1) is 11.0 Å². The van der Waals surface area contributed by atoms with Gasteiger partial charge in [0.15, 0.2) is 11.5 Å². The molecule has 0 saturated carbocycles. The van der Waals surface area contributed by atoms with Crippen molar-refractivity contribution in [1.82, 2.24) is 19.6 Å². The Morgan fingerprint density at radius 3 is 2.52 bits per heavy atom. The molecule has 0 aliphatic carbocycles. The molecule has 142 valence electrons. The summed E-state index contributed by atoms with van der Waals surface area (Å²) in [6.07, 6.45) is -2.95. The molecule has 0 aliphatic heterocycles. The van der Waals surface area contributed by atoms with Crippen LogP contribution in [0.1, 0.15) is 21.7 Å². The molecule has 11 heteroatoms. The average molecular weight is 463 g/mol. The summed E-state index contributed by atoms with van der Waals surface area (Å²) in [6, 6.07) is 7.86. The van der Waals surface area contributed by atoms with Gasteiger partial charge >= 0.3 is 6.18 Å². The summed E-state index contributed by atoms with van der Waals surface area (Å²) in [4.78, 5) is 12.2. The number of alkyl halides is 3. The number of anilines is 1. The Kier molecular flexibility index (Phi) is 5.29. The molecular weight excluding hydrogens is 451 g/mol. The fourth-order valence-electron chi connectivity index (χ4n) is 2.35. The fourth-order valence-corrected chi connectivity index (χ4v) is 2.90. The third-order valence-corrected chi connectivity index (χ3v) is 4.44. The first-order valence-corrected chi connectivity index (χ1v) is 8.70. The number of aryl methyl sites for hydroxylation is 1. The molecule has 1 aromatic carbocycles. The minimum absolute atomic E-state index is 0.174. The average Bonchev–Trinajstić information content (AvgIpc) is 3.12. The first-order chi connectivity index (χ1) is 12.6. The highest BCUT2D eigenvalue weighted by atomic mass is 79.9. The van der Waals surface area contributed by atoms with Crippen LogP contribution in [0.4, 0.5) is 19.0 Å². The van der Waals surface area contributed by atoms with Crippen molar-refractivity contribution in [3.63, 3.8) is 0 Å². The van der Waals surface area contributed by atoms with Crippen LogP contribution in [0.2, 0.25) is 5.02 Å². The molecule has 6 nitrogen and oxygen atoms in total. The van der Waals surface area contributed by atoms with E-state index in [0.717, 1.165) is 12.6 Å². The van der Waals surface area contributed by atoms with E-state index in [-0.39, 0.29) is 11.5 Å². The zero-order valence-electron chi connectivity index (χ0n) is 13.8. The van der Waals surface area contributed by atoms with Gasteiger partial charge in [-0.15, -0.1) is 0 Å². The second-order valence-electron chi connectivity index (χ2n) is 5.64. The predicted octanol–water partition coefficient (Wildman–Crippen LogP) is 4.35. The summed E-state index contributed by atoms with van der Waals surface area (Å²) >= 11 is 9.11. The van der Waals surface area contributed by atoms with E-state index in [1.807, 2.05) is 12.1 Å². The lowest BCUT2D eigenvalue weighted by Crippen LogP contribution is -2.14. The molecular formula is C16H12BrClF3N5O. The smallest absolute Gasteiger partial charge is 0.303 e. The Hall–Kier alpha value is -2.33. The number of nitrogens with one attached hydrogen (secondary N) is 1. The van der Waals surface area contributed by atoms with Gasteiger partial charge in [0.1, 0.15) is 5.69 Å². The highest BCUT2D eigenvalue weighted by Gasteiger charge is 2.35. The summed E-state index contributed by atoms with van der Waals surface area (Å²) < 4.78 is 41.2. The molecule has 2 aromatic heterocycles. The van der Waals surface area contributed by atoms with Crippen molar-refractivity contribution < 1.29 is 18.0 Å². The van der Waals surface area contributed by atoms with Gasteiger partial charge in [-0.05, 0) is 33.6 Å². The molecule has 0 bridgehead atoms. The SMILES string of the molecule is Cn1nc(C(=O)Nc2nn(Cc3ccc(Cl)cc3)cc2Br)cc1C(F)(F)F. The van der Waals surface area contributed by atoms with Crippen molar-refractivity contribution in [2.75, 3.05) is 5.32 Å². The number of aromatic nitrogens is 4. The third-order valence-electron chi connectivity index (χ3n) is 3.61. The van der Waals surface area contributed by atoms with Gasteiger partial charge < -0.3 is 5.32 Å². The Morgan fingerprint density at radius 1 is 1.26 bits per heavy atom. The van der Waals surface area contributed by atoms with E-state index in [9.17, 15) is 18.0 Å². The van der Waals surface area contributed by atoms with E-state index in [1.165, 1.54) is 0 Å². The molecule has 0 spiro atoms. The van der Waals surface area contributed by atoms with Gasteiger partial charge in [-0.1, -0.05) is 23.7 Å². The van der Waals surface area contributed by atoms with Crippen molar-refractivity contribution in [2.45, 2.75) is 12.7 Å². The van der Waals surface area contributed by atoms with Crippen molar-refractivity contribution in [1.29, 1.82) is 0 Å². The number of amides is 1. The number of carbonyl (C=O) groups is 1. The Bertz CT molecular complexity index is 981. The highest BCUT2D eigenvalue weighted by molar-refractivity contribution is 9.10. The lowest BCUT2D eigenvalue weighted by atomic mass is 10.2. The van der Waals surface area contributed by atoms with Crippen molar-refractivity contribution in [3.8, 4) is 0 Å². The Balaban J connectivity index is 1.75. The van der Waals surface area contributed by atoms with Gasteiger partial charge in [-0.25, -0.2) is 0 Å². The molecule has 3 rings (SSSR count). The van der Waals surface area contributed by atoms with Crippen LogP contribution < -0.4 is 5.32 Å². The van der Waals surface area contributed by atoms with E-state index in [0.29, 0.717) is 26.8 Å². The number of halogens is 5. The van der Waals surface area contributed by atoms with E-state index >= 15 is 0 Å². The number of hydrogen-bond donors (Lipinski definition) is 1. The normalized spacial score (nSPS) is 11.6. The van der Waals surface area contributed by atoms with Crippen LogP contribution >= 0.6 is 27.5 Å². The minimum atomic E-state index is -4.60. The summed E-state index contributed by atoms with van der Waals surface area (Å²) in [5.41, 5.74) is -0.434. The summed E-state index contributed by atoms with van der Waals surface area (Å²) in [5, 5.41) is 10.9. The van der Waals surface area contributed by atoms with Crippen molar-refractivity contribution in [3.05, 3.63) is 63.0 Å². The van der Waals surface area contributed by atoms with Gasteiger partial charge in [0.25, 0.3) is 5.91 Å². The minimum Gasteiger partial charge on any atom is -0.303 e. The van der Waals surface area contributed by atoms with Crippen LogP contribution in [0.25, 0.3) is 0 Å². The van der Waals surface area contributed by atoms with Crippen LogP contribution in [0.15, 0.2) is 41.0 Å². The lowest BCUT2D eigenvalue weighted by molar-refractivity contribution is -0.143. The Morgan fingerprint density at radius 2 is 1.93 bits per heavy atom. The Labute approximate surface area is 165 Å². The number of hydrogen-bond acceptors (Lipinski definition) is 3. The number of rotatable bonds is 4. The summed E-state index contributed by atoms with van der Waals surface area (Å²) in [7, 11) is 1.12. The molecule has 1 N–H and O–H groups in total. The topological polar surface area (TPSA) is 64.7 Å². The van der Waals surface area contributed by atoms with Crippen LogP contribution in [0.5, 0.6) is 0 Å². The molecule has 0 saturated heterocycles. The number of benzene rings is 1. The molecule has 0 unspecified atom stereocenters. The zero-order valence-corrected chi connectivity index (χ0v) is 16.1. The molecule has 0 radical (unpaired) electrons. The largest absolute Gasteiger partial charge is 0.433 e. The van der Waals surface area contributed by atoms with Crippen LogP contribution in [-0.2, 0) is 19.8 Å². The van der Waals surface area contributed by atoms with Gasteiger partial charge in [-0.3, -0.25) is 14.2 Å². The van der Waals surface area contributed by atoms with Crippen LogP contribution in [-0.4, -0.2) is 25.5 Å². The molecule has 2 heterocycles. The molecule has 27 heavy (non-hydrogen) atoms. The highest BCUT2D eigenvalue weighted by Crippen LogP contribution is 2.29. The quantitative estimate of drug-likeness (QED) is 0.627. The van der Waals surface area contributed by atoms with Crippen molar-refractivity contribution in [2.24, 2.45) is 7.05 Å². The first kappa shape index (κ1) is 19.4. The molecule has 0 atom stereocenters. The predicted molar refractivity (Wildman–Crippen MR) is 96.6 cm³/mol. The number of carbonyl (C=O) groups excluding carboxylic acids is 1. The van der Waals surface area contributed by atoms with E-state index < -0.39 is 17.8 Å². The number of nitrogens with zero attached hydrogens (tertiary/aromatic N) is 4. The second-order valence-corrected chi connectivity index (χ2v) is 6.93. The van der Waals surface area contributed by atoms with E-state index in [4.69, 9.17) is 11.6 Å². The second kappa shape index (κ2) is 7.35. The molecule has 0 fully saturated rings. The van der Waals surface area contributed by atoms with Crippen LogP contribution in [0, 0.1) is 0 Å². The molecule has 1 amide bonds. The first-order valence-electron chi connectivity index (χ1n) is 7.53. The van der Waals surface area contributed by atoms with Gasteiger partial charge in [0, 0.05) is 24.3 Å². The zero-order chi connectivity index (χ0) is 19.8. The maximum atomic E-state index is 12.8. The summed E-state index contributed by atoms with van der Waals surface area (Å²) in [5.74, 6) is -0.619. The standard InChI is InChI=1S/C16H12BrClF3N5O/c1-25-13(16(19,20)21)6-12(23-25)15(27)22-14-11(17)8-26(24-14)7-9-2-4-10(18)5-3-9/h2-6,8H,7H2,1H3,(H,22,24,27). The van der Waals surface area contributed by atoms with E-state index in [2.05, 4.69) is 31.4 Å². The maximum Gasteiger partial charge on any atom is 0.433 e. The maximum absolute atomic E-state index is 12.8. The lowest BCUT2D eigenvalue weighted by Gasteiger charge is -2.04. The fraction of sp³-hybridized carbons (Fsp3) is 0.188. The molecule has 0 aliphatic rings. The van der Waals surface area contributed by atoms with Gasteiger partial charge in [0.2, 0.25) is 0 Å². The monoisotopic (exact) mass is 461 g/mol.